The maximum Gasteiger partial charge on any atom is 0.416 e. The van der Waals surface area contributed by atoms with Crippen molar-refractivity contribution in [1.82, 2.24) is 25.5 Å². The van der Waals surface area contributed by atoms with Crippen LogP contribution in [-0.4, -0.2) is 32.7 Å². The van der Waals surface area contributed by atoms with Gasteiger partial charge in [-0.05, 0) is 46.7 Å². The minimum absolute atomic E-state index is 0.286. The van der Waals surface area contributed by atoms with E-state index in [1.807, 2.05) is 0 Å². The summed E-state index contributed by atoms with van der Waals surface area (Å²) in [5.74, 6) is -0.317. The number of tetrazole rings is 1. The lowest BCUT2D eigenvalue weighted by molar-refractivity contribution is -0.137. The maximum atomic E-state index is 12.5. The summed E-state index contributed by atoms with van der Waals surface area (Å²) in [6, 6.07) is 11.7. The molecular weight excluding hydrogens is 347 g/mol. The van der Waals surface area contributed by atoms with Gasteiger partial charge in [0.1, 0.15) is 6.33 Å². The van der Waals surface area contributed by atoms with E-state index in [0.29, 0.717) is 23.2 Å². The molecule has 0 aliphatic heterocycles. The van der Waals surface area contributed by atoms with E-state index >= 15 is 0 Å². The van der Waals surface area contributed by atoms with Crippen molar-refractivity contribution in [2.75, 3.05) is 6.54 Å². The molecule has 1 amide bonds. The van der Waals surface area contributed by atoms with Crippen molar-refractivity contribution >= 4 is 5.91 Å². The van der Waals surface area contributed by atoms with E-state index in [9.17, 15) is 18.0 Å². The van der Waals surface area contributed by atoms with Gasteiger partial charge in [0.05, 0.1) is 16.8 Å². The van der Waals surface area contributed by atoms with E-state index in [2.05, 4.69) is 20.8 Å². The Kier molecular flexibility index (Phi) is 4.97. The van der Waals surface area contributed by atoms with Crippen LogP contribution in [0.4, 0.5) is 13.2 Å². The lowest BCUT2D eigenvalue weighted by atomic mass is 10.1. The zero-order chi connectivity index (χ0) is 18.6. The van der Waals surface area contributed by atoms with Crippen molar-refractivity contribution in [1.29, 1.82) is 0 Å². The first-order valence-corrected chi connectivity index (χ1v) is 7.72. The van der Waals surface area contributed by atoms with Gasteiger partial charge in [0.25, 0.3) is 5.91 Å². The number of carbonyl (C=O) groups excluding carboxylic acids is 1. The van der Waals surface area contributed by atoms with Crippen LogP contribution in [0.1, 0.15) is 21.5 Å². The van der Waals surface area contributed by atoms with Gasteiger partial charge in [-0.15, -0.1) is 5.10 Å². The Balaban J connectivity index is 1.62. The van der Waals surface area contributed by atoms with Gasteiger partial charge in [-0.3, -0.25) is 4.79 Å². The summed E-state index contributed by atoms with van der Waals surface area (Å²) in [5.41, 5.74) is 0.935. The Morgan fingerprint density at radius 3 is 2.46 bits per heavy atom. The highest BCUT2D eigenvalue weighted by Crippen LogP contribution is 2.29. The highest BCUT2D eigenvalue weighted by molar-refractivity contribution is 5.97. The number of nitrogens with zero attached hydrogens (tertiary/aromatic N) is 4. The highest BCUT2D eigenvalue weighted by Gasteiger charge is 2.29. The molecule has 0 aliphatic carbocycles. The molecule has 0 bridgehead atoms. The first kappa shape index (κ1) is 17.6. The van der Waals surface area contributed by atoms with Gasteiger partial charge in [0.15, 0.2) is 0 Å². The molecule has 0 aliphatic rings. The van der Waals surface area contributed by atoms with E-state index < -0.39 is 11.7 Å². The predicted octanol–water partition coefficient (Wildman–Crippen LogP) is 2.65. The average Bonchev–Trinajstić information content (AvgIpc) is 3.16. The zero-order valence-corrected chi connectivity index (χ0v) is 13.4. The van der Waals surface area contributed by atoms with Gasteiger partial charge in [-0.25, -0.2) is 0 Å². The van der Waals surface area contributed by atoms with Crippen LogP contribution in [0.2, 0.25) is 0 Å². The monoisotopic (exact) mass is 361 g/mol. The number of amides is 1. The van der Waals surface area contributed by atoms with Gasteiger partial charge in [0.2, 0.25) is 0 Å². The van der Waals surface area contributed by atoms with E-state index in [1.54, 1.807) is 24.3 Å². The number of alkyl halides is 3. The Morgan fingerprint density at radius 2 is 1.81 bits per heavy atom. The molecule has 3 aromatic rings. The van der Waals surface area contributed by atoms with E-state index in [0.717, 1.165) is 12.1 Å². The molecule has 1 heterocycles. The summed E-state index contributed by atoms with van der Waals surface area (Å²) in [6.07, 6.45) is -2.56. The summed E-state index contributed by atoms with van der Waals surface area (Å²) in [4.78, 5) is 12.4. The molecule has 0 fully saturated rings. The van der Waals surface area contributed by atoms with Crippen LogP contribution >= 0.6 is 0 Å². The number of carbonyl (C=O) groups is 1. The number of nitrogens with one attached hydrogen (secondary N) is 1. The maximum absolute atomic E-state index is 12.5. The number of para-hydroxylation sites is 1. The first-order valence-electron chi connectivity index (χ1n) is 7.72. The first-order chi connectivity index (χ1) is 12.4. The second-order valence-electron chi connectivity index (χ2n) is 5.47. The molecule has 0 unspecified atom stereocenters. The van der Waals surface area contributed by atoms with E-state index in [-0.39, 0.29) is 12.5 Å². The zero-order valence-electron chi connectivity index (χ0n) is 13.4. The third-order valence-electron chi connectivity index (χ3n) is 3.73. The van der Waals surface area contributed by atoms with Gasteiger partial charge < -0.3 is 5.32 Å². The molecule has 26 heavy (non-hydrogen) atoms. The second kappa shape index (κ2) is 7.34. The molecule has 0 saturated carbocycles. The Hall–Kier alpha value is -3.23. The van der Waals surface area contributed by atoms with E-state index in [4.69, 9.17) is 0 Å². The summed E-state index contributed by atoms with van der Waals surface area (Å²) in [6.45, 7) is 0.286. The van der Waals surface area contributed by atoms with Gasteiger partial charge in [0, 0.05) is 6.54 Å². The largest absolute Gasteiger partial charge is 0.416 e. The highest BCUT2D eigenvalue weighted by atomic mass is 19.4. The summed E-state index contributed by atoms with van der Waals surface area (Å²) in [7, 11) is 0. The fraction of sp³-hybridized carbons (Fsp3) is 0.176. The topological polar surface area (TPSA) is 72.7 Å². The molecule has 0 saturated heterocycles. The lowest BCUT2D eigenvalue weighted by Crippen LogP contribution is -2.27. The van der Waals surface area contributed by atoms with Crippen molar-refractivity contribution in [3.05, 3.63) is 71.5 Å². The average molecular weight is 361 g/mol. The minimum Gasteiger partial charge on any atom is -0.352 e. The molecule has 9 heteroatoms. The number of halogens is 3. The van der Waals surface area contributed by atoms with Crippen molar-refractivity contribution in [2.24, 2.45) is 0 Å². The summed E-state index contributed by atoms with van der Waals surface area (Å²) >= 11 is 0. The molecule has 3 rings (SSSR count). The normalized spacial score (nSPS) is 11.3. The number of hydrogen-bond donors (Lipinski definition) is 1. The number of benzene rings is 2. The molecule has 6 nitrogen and oxygen atoms in total. The molecule has 2 aromatic carbocycles. The van der Waals surface area contributed by atoms with Crippen molar-refractivity contribution < 1.29 is 18.0 Å². The third kappa shape index (κ3) is 4.05. The van der Waals surface area contributed by atoms with Crippen LogP contribution in [0.25, 0.3) is 5.69 Å². The van der Waals surface area contributed by atoms with Crippen molar-refractivity contribution in [3.63, 3.8) is 0 Å². The van der Waals surface area contributed by atoms with Crippen molar-refractivity contribution in [2.45, 2.75) is 12.6 Å². The third-order valence-corrected chi connectivity index (χ3v) is 3.73. The number of hydrogen-bond acceptors (Lipinski definition) is 4. The standard InChI is InChI=1S/C17H14F3N5O/c18-17(19,20)13-7-5-12(6-8-13)9-10-21-16(26)14-3-1-2-4-15(14)25-11-22-23-24-25/h1-8,11H,9-10H2,(H,21,26). The fourth-order valence-corrected chi connectivity index (χ4v) is 2.41. The van der Waals surface area contributed by atoms with Crippen LogP contribution < -0.4 is 5.32 Å². The predicted molar refractivity (Wildman–Crippen MR) is 86.6 cm³/mol. The fourth-order valence-electron chi connectivity index (χ4n) is 2.41. The molecule has 134 valence electrons. The quantitative estimate of drug-likeness (QED) is 0.758. The van der Waals surface area contributed by atoms with Crippen LogP contribution in [-0.2, 0) is 12.6 Å². The Labute approximate surface area is 146 Å². The second-order valence-corrected chi connectivity index (χ2v) is 5.47. The number of rotatable bonds is 5. The Bertz CT molecular complexity index is 876. The summed E-state index contributed by atoms with van der Waals surface area (Å²) in [5, 5.41) is 13.6. The lowest BCUT2D eigenvalue weighted by Gasteiger charge is -2.10. The molecule has 1 aromatic heterocycles. The van der Waals surface area contributed by atoms with Crippen LogP contribution in [0.15, 0.2) is 54.9 Å². The molecule has 0 spiro atoms. The van der Waals surface area contributed by atoms with Gasteiger partial charge >= 0.3 is 6.18 Å². The molecule has 1 N–H and O–H groups in total. The molecule has 0 radical (unpaired) electrons. The summed E-state index contributed by atoms with van der Waals surface area (Å²) < 4.78 is 39.0. The smallest absolute Gasteiger partial charge is 0.352 e. The van der Waals surface area contributed by atoms with Gasteiger partial charge in [-0.2, -0.15) is 17.9 Å². The van der Waals surface area contributed by atoms with Crippen molar-refractivity contribution in [3.8, 4) is 5.69 Å². The Morgan fingerprint density at radius 1 is 1.08 bits per heavy atom. The van der Waals surface area contributed by atoms with Crippen LogP contribution in [0, 0.1) is 0 Å². The van der Waals surface area contributed by atoms with E-state index in [1.165, 1.54) is 23.1 Å². The number of aromatic nitrogens is 4. The SMILES string of the molecule is O=C(NCCc1ccc(C(F)(F)F)cc1)c1ccccc1-n1cnnn1. The minimum atomic E-state index is -4.35. The van der Waals surface area contributed by atoms with Crippen LogP contribution in [0.3, 0.4) is 0 Å². The van der Waals surface area contributed by atoms with Crippen LogP contribution in [0.5, 0.6) is 0 Å². The molecular formula is C17H14F3N5O. The van der Waals surface area contributed by atoms with Gasteiger partial charge in [-0.1, -0.05) is 24.3 Å². The molecule has 0 atom stereocenters.